The van der Waals surface area contributed by atoms with E-state index >= 15 is 0 Å². The third-order valence-electron chi connectivity index (χ3n) is 5.64. The van der Waals surface area contributed by atoms with E-state index in [0.717, 1.165) is 42.7 Å². The molecule has 0 aliphatic carbocycles. The van der Waals surface area contributed by atoms with Crippen LogP contribution in [0.25, 0.3) is 0 Å². The molecule has 0 aromatic heterocycles. The van der Waals surface area contributed by atoms with Crippen molar-refractivity contribution in [2.45, 2.75) is 97.8 Å². The molecule has 1 atom stereocenters. The maximum Gasteiger partial charge on any atom is 0.336 e. The van der Waals surface area contributed by atoms with Crippen LogP contribution in [0.2, 0.25) is 0 Å². The van der Waals surface area contributed by atoms with Crippen LogP contribution in [0, 0.1) is 5.92 Å². The highest BCUT2D eigenvalue weighted by molar-refractivity contribution is 6.03. The van der Waals surface area contributed by atoms with Gasteiger partial charge in [0.25, 0.3) is 0 Å². The number of aromatic carboxylic acids is 2. The van der Waals surface area contributed by atoms with Gasteiger partial charge >= 0.3 is 11.9 Å². The predicted octanol–water partition coefficient (Wildman–Crippen LogP) is 6.92. The zero-order chi connectivity index (χ0) is 21.1. The maximum absolute atomic E-state index is 11.8. The SMILES string of the molecule is CCC(C)c1ccc(C(=O)O)c(C(=O)O)c1CCCCCCCCCC(C)C. The van der Waals surface area contributed by atoms with Crippen molar-refractivity contribution in [2.75, 3.05) is 0 Å². The van der Waals surface area contributed by atoms with Crippen molar-refractivity contribution in [3.8, 4) is 0 Å². The topological polar surface area (TPSA) is 74.6 Å². The van der Waals surface area contributed by atoms with E-state index in [1.807, 2.05) is 6.07 Å². The van der Waals surface area contributed by atoms with Crippen LogP contribution in [0.1, 0.15) is 123 Å². The molecule has 1 rings (SSSR count). The first-order valence-corrected chi connectivity index (χ1v) is 10.9. The highest BCUT2D eigenvalue weighted by Gasteiger charge is 2.24. The summed E-state index contributed by atoms with van der Waals surface area (Å²) in [5.74, 6) is -1.31. The Hall–Kier alpha value is -1.84. The van der Waals surface area contributed by atoms with Gasteiger partial charge in [-0.25, -0.2) is 9.59 Å². The minimum atomic E-state index is -1.17. The number of carboxylic acids is 2. The summed E-state index contributed by atoms with van der Waals surface area (Å²) < 4.78 is 0. The average Bonchev–Trinajstić information content (AvgIpc) is 2.64. The molecule has 0 radical (unpaired) electrons. The molecular weight excluding hydrogens is 352 g/mol. The fraction of sp³-hybridized carbons (Fsp3) is 0.667. The fourth-order valence-corrected chi connectivity index (χ4v) is 3.78. The Morgan fingerprint density at radius 2 is 1.43 bits per heavy atom. The average molecular weight is 391 g/mol. The highest BCUT2D eigenvalue weighted by Crippen LogP contribution is 2.29. The molecule has 0 amide bonds. The summed E-state index contributed by atoms with van der Waals surface area (Å²) in [6.07, 6.45) is 11.0. The van der Waals surface area contributed by atoms with Crippen molar-refractivity contribution in [1.29, 1.82) is 0 Å². The molecule has 4 heteroatoms. The lowest BCUT2D eigenvalue weighted by Gasteiger charge is -2.19. The van der Waals surface area contributed by atoms with E-state index < -0.39 is 11.9 Å². The van der Waals surface area contributed by atoms with Crippen molar-refractivity contribution < 1.29 is 19.8 Å². The van der Waals surface area contributed by atoms with Crippen LogP contribution in [-0.4, -0.2) is 22.2 Å². The van der Waals surface area contributed by atoms with Crippen molar-refractivity contribution in [3.05, 3.63) is 34.4 Å². The summed E-state index contributed by atoms with van der Waals surface area (Å²) in [6.45, 7) is 8.66. The Balaban J connectivity index is 2.71. The molecule has 0 saturated heterocycles. The van der Waals surface area contributed by atoms with Gasteiger partial charge in [0, 0.05) is 0 Å². The lowest BCUT2D eigenvalue weighted by Crippen LogP contribution is -2.15. The second-order valence-corrected chi connectivity index (χ2v) is 8.38. The van der Waals surface area contributed by atoms with Gasteiger partial charge in [0.1, 0.15) is 0 Å². The normalized spacial score (nSPS) is 12.3. The monoisotopic (exact) mass is 390 g/mol. The summed E-state index contributed by atoms with van der Waals surface area (Å²) >= 11 is 0. The van der Waals surface area contributed by atoms with Gasteiger partial charge in [-0.15, -0.1) is 0 Å². The van der Waals surface area contributed by atoms with Crippen molar-refractivity contribution in [3.63, 3.8) is 0 Å². The van der Waals surface area contributed by atoms with Gasteiger partial charge < -0.3 is 10.2 Å². The molecule has 2 N–H and O–H groups in total. The summed E-state index contributed by atoms with van der Waals surface area (Å²) in [4.78, 5) is 23.3. The van der Waals surface area contributed by atoms with Gasteiger partial charge in [0.15, 0.2) is 0 Å². The van der Waals surface area contributed by atoms with Crippen molar-refractivity contribution in [2.24, 2.45) is 5.92 Å². The lowest BCUT2D eigenvalue weighted by molar-refractivity contribution is 0.0650. The largest absolute Gasteiger partial charge is 0.478 e. The van der Waals surface area contributed by atoms with E-state index in [4.69, 9.17) is 0 Å². The van der Waals surface area contributed by atoms with E-state index in [1.54, 1.807) is 0 Å². The second kappa shape index (κ2) is 12.6. The van der Waals surface area contributed by atoms with Crippen molar-refractivity contribution in [1.82, 2.24) is 0 Å². The first kappa shape index (κ1) is 24.2. The number of hydrogen-bond acceptors (Lipinski definition) is 2. The van der Waals surface area contributed by atoms with Crippen LogP contribution in [0.5, 0.6) is 0 Å². The Bertz CT molecular complexity index is 634. The molecule has 0 spiro atoms. The molecule has 1 unspecified atom stereocenters. The smallest absolute Gasteiger partial charge is 0.336 e. The molecule has 0 heterocycles. The third kappa shape index (κ3) is 7.65. The summed E-state index contributed by atoms with van der Waals surface area (Å²) in [5.41, 5.74) is 1.59. The molecule has 0 aliphatic heterocycles. The fourth-order valence-electron chi connectivity index (χ4n) is 3.78. The molecule has 1 aromatic rings. The molecule has 4 nitrogen and oxygen atoms in total. The molecule has 1 aromatic carbocycles. The van der Waals surface area contributed by atoms with Gasteiger partial charge in [-0.05, 0) is 48.3 Å². The predicted molar refractivity (Wildman–Crippen MR) is 115 cm³/mol. The van der Waals surface area contributed by atoms with E-state index in [1.165, 1.54) is 38.2 Å². The molecule has 158 valence electrons. The first-order chi connectivity index (χ1) is 13.3. The van der Waals surface area contributed by atoms with Crippen LogP contribution >= 0.6 is 0 Å². The molecular formula is C24H38O4. The van der Waals surface area contributed by atoms with Crippen LogP contribution in [0.4, 0.5) is 0 Å². The standard InChI is InChI=1S/C24H38O4/c1-5-18(4)19-15-16-21(23(25)26)22(24(27)28)20(19)14-12-10-8-6-7-9-11-13-17(2)3/h15-18H,5-14H2,1-4H3,(H,25,26)(H,27,28). The number of hydrogen-bond donors (Lipinski definition) is 2. The van der Waals surface area contributed by atoms with Crippen LogP contribution in [0.15, 0.2) is 12.1 Å². The molecule has 0 fully saturated rings. The van der Waals surface area contributed by atoms with Crippen LogP contribution in [-0.2, 0) is 6.42 Å². The number of carbonyl (C=O) groups is 2. The Kier molecular flexibility index (Phi) is 10.9. The van der Waals surface area contributed by atoms with Gasteiger partial charge in [0.05, 0.1) is 11.1 Å². The minimum absolute atomic E-state index is 0.0148. The third-order valence-corrected chi connectivity index (χ3v) is 5.64. The van der Waals surface area contributed by atoms with Gasteiger partial charge in [-0.2, -0.15) is 0 Å². The lowest BCUT2D eigenvalue weighted by atomic mass is 9.85. The highest BCUT2D eigenvalue weighted by atomic mass is 16.4. The van der Waals surface area contributed by atoms with Crippen LogP contribution in [0.3, 0.4) is 0 Å². The zero-order valence-corrected chi connectivity index (χ0v) is 18.1. The second-order valence-electron chi connectivity index (χ2n) is 8.38. The van der Waals surface area contributed by atoms with Gasteiger partial charge in [0.2, 0.25) is 0 Å². The summed E-state index contributed by atoms with van der Waals surface area (Å²) in [6, 6.07) is 3.27. The first-order valence-electron chi connectivity index (χ1n) is 10.9. The molecule has 0 bridgehead atoms. The van der Waals surface area contributed by atoms with E-state index in [2.05, 4.69) is 27.7 Å². The van der Waals surface area contributed by atoms with Gasteiger partial charge in [-0.1, -0.05) is 78.7 Å². The van der Waals surface area contributed by atoms with Crippen LogP contribution < -0.4 is 0 Å². The van der Waals surface area contributed by atoms with Crippen molar-refractivity contribution >= 4 is 11.9 Å². The van der Waals surface area contributed by atoms with E-state index in [-0.39, 0.29) is 17.0 Å². The summed E-state index contributed by atoms with van der Waals surface area (Å²) in [5, 5.41) is 19.1. The molecule has 0 aliphatic rings. The van der Waals surface area contributed by atoms with Gasteiger partial charge in [-0.3, -0.25) is 0 Å². The Labute approximate surface area is 170 Å². The molecule has 28 heavy (non-hydrogen) atoms. The number of benzene rings is 1. The zero-order valence-electron chi connectivity index (χ0n) is 18.1. The molecule has 0 saturated carbocycles. The maximum atomic E-state index is 11.8. The van der Waals surface area contributed by atoms with E-state index in [0.29, 0.717) is 6.42 Å². The number of unbranched alkanes of at least 4 members (excludes halogenated alkanes) is 6. The number of carboxylic acid groups (broad SMARTS) is 2. The Morgan fingerprint density at radius 1 is 0.857 bits per heavy atom. The summed E-state index contributed by atoms with van der Waals surface area (Å²) in [7, 11) is 0. The Morgan fingerprint density at radius 3 is 1.93 bits per heavy atom. The van der Waals surface area contributed by atoms with E-state index in [9.17, 15) is 19.8 Å². The minimum Gasteiger partial charge on any atom is -0.478 e. The number of rotatable bonds is 14. The quantitative estimate of drug-likeness (QED) is 0.338.